The van der Waals surface area contributed by atoms with Crippen molar-refractivity contribution in [3.05, 3.63) is 52.1 Å². The summed E-state index contributed by atoms with van der Waals surface area (Å²) in [5.41, 5.74) is 1.72. The highest BCUT2D eigenvalue weighted by atomic mass is 79.9. The van der Waals surface area contributed by atoms with Crippen LogP contribution in [0.25, 0.3) is 0 Å². The summed E-state index contributed by atoms with van der Waals surface area (Å²) < 4.78 is 10.9. The van der Waals surface area contributed by atoms with Gasteiger partial charge in [-0.3, -0.25) is 15.0 Å². The molecular formula is C26H32BrN3O7. The zero-order valence-electron chi connectivity index (χ0n) is 21.4. The van der Waals surface area contributed by atoms with Gasteiger partial charge in [0.2, 0.25) is 0 Å². The lowest BCUT2D eigenvalue weighted by Gasteiger charge is -2.23. The van der Waals surface area contributed by atoms with E-state index in [0.717, 1.165) is 5.56 Å². The van der Waals surface area contributed by atoms with Crippen LogP contribution in [-0.2, 0) is 16.8 Å². The number of rotatable bonds is 9. The minimum Gasteiger partial charge on any atom is -0.504 e. The third-order valence-corrected chi connectivity index (χ3v) is 5.80. The molecule has 1 heterocycles. The van der Waals surface area contributed by atoms with Crippen molar-refractivity contribution < 1.29 is 34.1 Å². The number of hydrogen-bond donors (Lipinski definition) is 4. The van der Waals surface area contributed by atoms with Crippen LogP contribution in [0.5, 0.6) is 17.2 Å². The van der Waals surface area contributed by atoms with Gasteiger partial charge in [0, 0.05) is 30.3 Å². The number of ether oxygens (including phenoxy) is 2. The van der Waals surface area contributed by atoms with E-state index in [1.165, 1.54) is 13.1 Å². The minimum absolute atomic E-state index is 0. The number of fused-ring (bicyclic) bond motifs is 1. The molecule has 0 saturated carbocycles. The molecule has 0 unspecified atom stereocenters. The van der Waals surface area contributed by atoms with Crippen molar-refractivity contribution in [1.29, 1.82) is 5.41 Å². The van der Waals surface area contributed by atoms with Crippen LogP contribution in [0.3, 0.4) is 0 Å². The zero-order valence-corrected chi connectivity index (χ0v) is 23.1. The Balaban J connectivity index is 0.00000481. The molecule has 10 nitrogen and oxygen atoms in total. The van der Waals surface area contributed by atoms with Gasteiger partial charge < -0.3 is 29.9 Å². The normalized spacial score (nSPS) is 12.5. The fourth-order valence-corrected chi connectivity index (χ4v) is 4.00. The number of nitrogens with zero attached hydrogens (tertiary/aromatic N) is 1. The van der Waals surface area contributed by atoms with Crippen LogP contribution < -0.4 is 14.8 Å². The summed E-state index contributed by atoms with van der Waals surface area (Å²) >= 11 is 0. The van der Waals surface area contributed by atoms with Gasteiger partial charge in [-0.25, -0.2) is 4.79 Å². The first-order chi connectivity index (χ1) is 16.9. The summed E-state index contributed by atoms with van der Waals surface area (Å²) in [6, 6.07) is 6.20. The quantitative estimate of drug-likeness (QED) is 0.331. The number of amides is 1. The van der Waals surface area contributed by atoms with Crippen molar-refractivity contribution in [2.75, 3.05) is 26.8 Å². The second-order valence-electron chi connectivity index (χ2n) is 9.45. The average molecular weight is 578 g/mol. The smallest absolute Gasteiger partial charge is 0.341 e. The Kier molecular flexibility index (Phi) is 9.32. The minimum atomic E-state index is -1.21. The Morgan fingerprint density at radius 1 is 1.11 bits per heavy atom. The van der Waals surface area contributed by atoms with Crippen molar-refractivity contribution >= 4 is 40.5 Å². The third kappa shape index (κ3) is 6.40. The molecule has 0 bridgehead atoms. The van der Waals surface area contributed by atoms with Gasteiger partial charge in [0.15, 0.2) is 23.9 Å². The molecular weight excluding hydrogens is 546 g/mol. The first kappa shape index (κ1) is 29.6. The number of carboxylic acids is 1. The first-order valence-corrected chi connectivity index (χ1v) is 11.5. The Labute approximate surface area is 225 Å². The standard InChI is InChI=1S/C26H31N3O7.BrH/c1-6-35-20-9-15-11-29(24(27)16(15)10-17(20)25(34)28-5)12-19(30)14-7-18(26(2,3)4)23(33)21(8-14)36-13-22(31)32;/h7-10,27,33H,6,11-13H2,1-5H3,(H,28,34)(H,31,32);1H. The van der Waals surface area contributed by atoms with Gasteiger partial charge in [0.1, 0.15) is 11.6 Å². The second kappa shape index (κ2) is 11.6. The van der Waals surface area contributed by atoms with E-state index in [1.807, 2.05) is 27.7 Å². The fraction of sp³-hybridized carbons (Fsp3) is 0.385. The van der Waals surface area contributed by atoms with Gasteiger partial charge >= 0.3 is 5.97 Å². The lowest BCUT2D eigenvalue weighted by atomic mass is 9.84. The molecule has 0 saturated heterocycles. The number of nitrogens with one attached hydrogen (secondary N) is 2. The van der Waals surface area contributed by atoms with Gasteiger partial charge in [-0.05, 0) is 42.2 Å². The van der Waals surface area contributed by atoms with Crippen LogP contribution in [0, 0.1) is 5.41 Å². The molecule has 0 atom stereocenters. The SMILES string of the molecule is Br.CCOc1cc2c(cc1C(=O)NC)C(=N)N(CC(=O)c1cc(OCC(=O)O)c(O)c(C(C)(C)C)c1)C2. The Morgan fingerprint density at radius 3 is 2.35 bits per heavy atom. The molecule has 2 aromatic rings. The van der Waals surface area contributed by atoms with E-state index in [-0.39, 0.29) is 64.7 Å². The summed E-state index contributed by atoms with van der Waals surface area (Å²) in [4.78, 5) is 38.2. The van der Waals surface area contributed by atoms with Crippen LogP contribution in [0.4, 0.5) is 0 Å². The molecule has 11 heteroatoms. The van der Waals surface area contributed by atoms with Crippen LogP contribution in [0.1, 0.15) is 65.1 Å². The van der Waals surface area contributed by atoms with E-state index in [4.69, 9.17) is 20.0 Å². The average Bonchev–Trinajstić information content (AvgIpc) is 3.10. The molecule has 0 fully saturated rings. The van der Waals surface area contributed by atoms with Gasteiger partial charge in [-0.15, -0.1) is 17.0 Å². The monoisotopic (exact) mass is 577 g/mol. The molecule has 200 valence electrons. The highest BCUT2D eigenvalue weighted by Gasteiger charge is 2.30. The molecule has 2 aromatic carbocycles. The van der Waals surface area contributed by atoms with E-state index >= 15 is 0 Å². The van der Waals surface area contributed by atoms with Crippen molar-refractivity contribution in [2.24, 2.45) is 0 Å². The largest absolute Gasteiger partial charge is 0.504 e. The Morgan fingerprint density at radius 2 is 1.78 bits per heavy atom. The highest BCUT2D eigenvalue weighted by Crippen LogP contribution is 2.39. The first-order valence-electron chi connectivity index (χ1n) is 11.5. The predicted octanol–water partition coefficient (Wildman–Crippen LogP) is 3.51. The number of carbonyl (C=O) groups excluding carboxylic acids is 2. The van der Waals surface area contributed by atoms with Crippen molar-refractivity contribution in [3.63, 3.8) is 0 Å². The van der Waals surface area contributed by atoms with Gasteiger partial charge in [0.25, 0.3) is 5.91 Å². The second-order valence-corrected chi connectivity index (χ2v) is 9.45. The molecule has 3 rings (SSSR count). The van der Waals surface area contributed by atoms with Crippen LogP contribution in [0.15, 0.2) is 24.3 Å². The number of phenolic OH excluding ortho intramolecular Hbond substituents is 1. The van der Waals surface area contributed by atoms with Crippen molar-refractivity contribution in [3.8, 4) is 17.2 Å². The molecule has 0 radical (unpaired) electrons. The molecule has 1 aliphatic rings. The molecule has 37 heavy (non-hydrogen) atoms. The summed E-state index contributed by atoms with van der Waals surface area (Å²) in [5, 5.41) is 30.8. The number of benzene rings is 2. The number of carboxylic acid groups (broad SMARTS) is 1. The number of carbonyl (C=O) groups is 3. The van der Waals surface area contributed by atoms with Crippen LogP contribution in [-0.4, -0.2) is 65.4 Å². The Hall–Kier alpha value is -3.60. The number of Topliss-reactive ketones (excluding diaryl/α,β-unsaturated/α-hetero) is 1. The highest BCUT2D eigenvalue weighted by molar-refractivity contribution is 8.93. The van der Waals surface area contributed by atoms with Crippen molar-refractivity contribution in [1.82, 2.24) is 10.2 Å². The van der Waals surface area contributed by atoms with E-state index < -0.39 is 18.0 Å². The maximum Gasteiger partial charge on any atom is 0.341 e. The molecule has 1 amide bonds. The van der Waals surface area contributed by atoms with Crippen LogP contribution in [0.2, 0.25) is 0 Å². The molecule has 1 aliphatic heterocycles. The number of amidine groups is 1. The number of aromatic hydroxyl groups is 1. The molecule has 0 aliphatic carbocycles. The van der Waals surface area contributed by atoms with E-state index in [2.05, 4.69) is 5.32 Å². The van der Waals surface area contributed by atoms with Gasteiger partial charge in [-0.2, -0.15) is 0 Å². The van der Waals surface area contributed by atoms with Crippen LogP contribution >= 0.6 is 17.0 Å². The van der Waals surface area contributed by atoms with E-state index in [1.54, 1.807) is 23.1 Å². The van der Waals surface area contributed by atoms with E-state index in [9.17, 15) is 19.5 Å². The summed E-state index contributed by atoms with van der Waals surface area (Å²) in [5.74, 6) is -1.69. The maximum atomic E-state index is 13.3. The maximum absolute atomic E-state index is 13.3. The van der Waals surface area contributed by atoms with Gasteiger partial charge in [0.05, 0.1) is 18.7 Å². The van der Waals surface area contributed by atoms with Gasteiger partial charge in [-0.1, -0.05) is 20.8 Å². The summed E-state index contributed by atoms with van der Waals surface area (Å²) in [7, 11) is 1.51. The molecule has 0 spiro atoms. The number of aliphatic carboxylic acids is 1. The van der Waals surface area contributed by atoms with E-state index in [0.29, 0.717) is 29.0 Å². The molecule has 0 aromatic heterocycles. The third-order valence-electron chi connectivity index (χ3n) is 5.80. The number of hydrogen-bond acceptors (Lipinski definition) is 7. The summed E-state index contributed by atoms with van der Waals surface area (Å²) in [6.07, 6.45) is 0. The lowest BCUT2D eigenvalue weighted by Crippen LogP contribution is -2.30. The zero-order chi connectivity index (χ0) is 26.8. The molecule has 4 N–H and O–H groups in total. The number of halogens is 1. The lowest BCUT2D eigenvalue weighted by molar-refractivity contribution is -0.139. The Bertz CT molecular complexity index is 1240. The fourth-order valence-electron chi connectivity index (χ4n) is 4.00. The predicted molar refractivity (Wildman–Crippen MR) is 143 cm³/mol. The summed E-state index contributed by atoms with van der Waals surface area (Å²) in [6.45, 7) is 7.20. The topological polar surface area (TPSA) is 149 Å². The van der Waals surface area contributed by atoms with Crippen molar-refractivity contribution in [2.45, 2.75) is 39.7 Å². The number of ketones is 1. The number of phenols is 1.